The molecule has 3 aromatic rings. The Kier molecular flexibility index (Phi) is 5.69. The first-order valence-electron chi connectivity index (χ1n) is 10.3. The van der Waals surface area contributed by atoms with Gasteiger partial charge in [0, 0.05) is 5.92 Å². The van der Waals surface area contributed by atoms with E-state index in [-0.39, 0.29) is 17.9 Å². The van der Waals surface area contributed by atoms with Crippen LogP contribution >= 0.6 is 0 Å². The summed E-state index contributed by atoms with van der Waals surface area (Å²) in [7, 11) is 0. The monoisotopic (exact) mass is 393 g/mol. The molecule has 2 aromatic carbocycles. The molecule has 6 nitrogen and oxygen atoms in total. The van der Waals surface area contributed by atoms with Crippen LogP contribution in [-0.2, 0) is 11.3 Å². The van der Waals surface area contributed by atoms with Gasteiger partial charge in [-0.25, -0.2) is 4.98 Å². The van der Waals surface area contributed by atoms with Crippen molar-refractivity contribution in [2.75, 3.05) is 13.2 Å². The number of hydrogen-bond acceptors (Lipinski definition) is 4. The predicted octanol–water partition coefficient (Wildman–Crippen LogP) is 4.10. The van der Waals surface area contributed by atoms with E-state index in [1.807, 2.05) is 56.3 Å². The van der Waals surface area contributed by atoms with Crippen LogP contribution in [0.25, 0.3) is 11.0 Å². The molecule has 1 saturated carbocycles. The molecule has 6 heteroatoms. The molecule has 29 heavy (non-hydrogen) atoms. The van der Waals surface area contributed by atoms with Gasteiger partial charge in [0.2, 0.25) is 5.91 Å². The fourth-order valence-electron chi connectivity index (χ4n) is 3.49. The van der Waals surface area contributed by atoms with E-state index < -0.39 is 0 Å². The van der Waals surface area contributed by atoms with Crippen molar-refractivity contribution < 1.29 is 14.3 Å². The maximum atomic E-state index is 12.2. The number of amides is 1. The summed E-state index contributed by atoms with van der Waals surface area (Å²) in [5.74, 6) is 2.62. The summed E-state index contributed by atoms with van der Waals surface area (Å²) < 4.78 is 13.8. The van der Waals surface area contributed by atoms with Gasteiger partial charge in [0.25, 0.3) is 0 Å². The molecule has 1 heterocycles. The Bertz CT molecular complexity index is 994. The van der Waals surface area contributed by atoms with Crippen LogP contribution in [0.2, 0.25) is 0 Å². The van der Waals surface area contributed by atoms with Gasteiger partial charge in [-0.1, -0.05) is 24.3 Å². The van der Waals surface area contributed by atoms with Gasteiger partial charge in [0.05, 0.1) is 30.2 Å². The van der Waals surface area contributed by atoms with E-state index in [0.29, 0.717) is 19.8 Å². The van der Waals surface area contributed by atoms with E-state index in [2.05, 4.69) is 16.0 Å². The first kappa shape index (κ1) is 19.3. The molecule has 0 aliphatic heterocycles. The second-order valence-corrected chi connectivity index (χ2v) is 7.34. The van der Waals surface area contributed by atoms with Gasteiger partial charge < -0.3 is 19.4 Å². The molecular formula is C23H27N3O3. The van der Waals surface area contributed by atoms with Crippen molar-refractivity contribution in [3.63, 3.8) is 0 Å². The number of imidazole rings is 1. The van der Waals surface area contributed by atoms with Crippen molar-refractivity contribution in [2.24, 2.45) is 5.92 Å². The van der Waals surface area contributed by atoms with Crippen molar-refractivity contribution in [1.29, 1.82) is 0 Å². The quantitative estimate of drug-likeness (QED) is 0.594. The fourth-order valence-corrected chi connectivity index (χ4v) is 3.49. The standard InChI is InChI=1S/C23H27N3O3/c1-3-28-20-10-6-7-11-21(20)29-15-14-26-19-9-5-4-8-18(19)25-22(26)16(2)24-23(27)17-12-13-17/h4-11,16-17H,3,12-15H2,1-2H3,(H,24,27). The van der Waals surface area contributed by atoms with Crippen LogP contribution in [0.5, 0.6) is 11.5 Å². The van der Waals surface area contributed by atoms with Crippen LogP contribution in [-0.4, -0.2) is 28.7 Å². The van der Waals surface area contributed by atoms with Gasteiger partial charge >= 0.3 is 0 Å². The Morgan fingerprint density at radius 3 is 2.55 bits per heavy atom. The largest absolute Gasteiger partial charge is 0.490 e. The summed E-state index contributed by atoms with van der Waals surface area (Å²) in [4.78, 5) is 17.0. The first-order valence-corrected chi connectivity index (χ1v) is 10.3. The number of fused-ring (bicyclic) bond motifs is 1. The highest BCUT2D eigenvalue weighted by Crippen LogP contribution is 2.30. The zero-order chi connectivity index (χ0) is 20.2. The number of para-hydroxylation sites is 4. The number of carbonyl (C=O) groups excluding carboxylic acids is 1. The minimum atomic E-state index is -0.161. The number of nitrogens with one attached hydrogen (secondary N) is 1. The lowest BCUT2D eigenvalue weighted by Gasteiger charge is -2.17. The predicted molar refractivity (Wildman–Crippen MR) is 112 cm³/mol. The second kappa shape index (κ2) is 8.55. The smallest absolute Gasteiger partial charge is 0.223 e. The SMILES string of the molecule is CCOc1ccccc1OCCn1c(C(C)NC(=O)C2CC2)nc2ccccc21. The highest BCUT2D eigenvalue weighted by molar-refractivity contribution is 5.81. The second-order valence-electron chi connectivity index (χ2n) is 7.34. The molecule has 0 saturated heterocycles. The zero-order valence-electron chi connectivity index (χ0n) is 16.9. The molecule has 1 N–H and O–H groups in total. The van der Waals surface area contributed by atoms with Gasteiger partial charge in [-0.3, -0.25) is 4.79 Å². The number of benzene rings is 2. The van der Waals surface area contributed by atoms with Crippen LogP contribution < -0.4 is 14.8 Å². The fraction of sp³-hybridized carbons (Fsp3) is 0.391. The van der Waals surface area contributed by atoms with Crippen molar-refractivity contribution in [3.8, 4) is 11.5 Å². The maximum Gasteiger partial charge on any atom is 0.223 e. The van der Waals surface area contributed by atoms with Gasteiger partial charge in [-0.2, -0.15) is 0 Å². The van der Waals surface area contributed by atoms with Gasteiger partial charge in [0.1, 0.15) is 12.4 Å². The zero-order valence-corrected chi connectivity index (χ0v) is 16.9. The molecule has 4 rings (SSSR count). The molecule has 1 aliphatic carbocycles. The highest BCUT2D eigenvalue weighted by atomic mass is 16.5. The van der Waals surface area contributed by atoms with Crippen LogP contribution in [0.15, 0.2) is 48.5 Å². The summed E-state index contributed by atoms with van der Waals surface area (Å²) >= 11 is 0. The van der Waals surface area contributed by atoms with E-state index in [9.17, 15) is 4.79 Å². The molecular weight excluding hydrogens is 366 g/mol. The number of aromatic nitrogens is 2. The van der Waals surface area contributed by atoms with Crippen molar-refractivity contribution in [2.45, 2.75) is 39.3 Å². The van der Waals surface area contributed by atoms with E-state index in [4.69, 9.17) is 14.5 Å². The number of ether oxygens (including phenoxy) is 2. The summed E-state index contributed by atoms with van der Waals surface area (Å²) in [5.41, 5.74) is 1.96. The lowest BCUT2D eigenvalue weighted by atomic mass is 10.2. The Morgan fingerprint density at radius 1 is 1.14 bits per heavy atom. The maximum absolute atomic E-state index is 12.2. The molecule has 0 bridgehead atoms. The number of hydrogen-bond donors (Lipinski definition) is 1. The molecule has 1 aliphatic rings. The molecule has 1 fully saturated rings. The highest BCUT2D eigenvalue weighted by Gasteiger charge is 2.31. The van der Waals surface area contributed by atoms with E-state index >= 15 is 0 Å². The molecule has 0 radical (unpaired) electrons. The molecule has 1 atom stereocenters. The Labute approximate surface area is 170 Å². The Balaban J connectivity index is 1.52. The molecule has 152 valence electrons. The topological polar surface area (TPSA) is 65.4 Å². The number of nitrogens with zero attached hydrogens (tertiary/aromatic N) is 2. The molecule has 1 amide bonds. The first-order chi connectivity index (χ1) is 14.2. The van der Waals surface area contributed by atoms with Crippen molar-refractivity contribution in [1.82, 2.24) is 14.9 Å². The van der Waals surface area contributed by atoms with Gasteiger partial charge in [0.15, 0.2) is 11.5 Å². The third-order valence-corrected chi connectivity index (χ3v) is 5.10. The Hall–Kier alpha value is -3.02. The summed E-state index contributed by atoms with van der Waals surface area (Å²) in [6.07, 6.45) is 1.98. The average molecular weight is 393 g/mol. The molecule has 1 unspecified atom stereocenters. The lowest BCUT2D eigenvalue weighted by Crippen LogP contribution is -2.30. The van der Waals surface area contributed by atoms with E-state index in [1.165, 1.54) is 0 Å². The van der Waals surface area contributed by atoms with Crippen LogP contribution in [0.3, 0.4) is 0 Å². The van der Waals surface area contributed by atoms with Crippen LogP contribution in [0.1, 0.15) is 38.6 Å². The van der Waals surface area contributed by atoms with Gasteiger partial charge in [-0.05, 0) is 51.0 Å². The van der Waals surface area contributed by atoms with E-state index in [1.54, 1.807) is 0 Å². The molecule has 0 spiro atoms. The third kappa shape index (κ3) is 4.36. The third-order valence-electron chi connectivity index (χ3n) is 5.10. The Morgan fingerprint density at radius 2 is 1.83 bits per heavy atom. The lowest BCUT2D eigenvalue weighted by molar-refractivity contribution is -0.123. The van der Waals surface area contributed by atoms with Crippen LogP contribution in [0.4, 0.5) is 0 Å². The summed E-state index contributed by atoms with van der Waals surface area (Å²) in [6.45, 7) is 5.64. The molecule has 1 aromatic heterocycles. The van der Waals surface area contributed by atoms with E-state index in [0.717, 1.165) is 41.2 Å². The minimum absolute atomic E-state index is 0.123. The van der Waals surface area contributed by atoms with Crippen molar-refractivity contribution in [3.05, 3.63) is 54.4 Å². The minimum Gasteiger partial charge on any atom is -0.490 e. The van der Waals surface area contributed by atoms with Crippen LogP contribution in [0, 0.1) is 5.92 Å². The van der Waals surface area contributed by atoms with Gasteiger partial charge in [-0.15, -0.1) is 0 Å². The normalized spacial score (nSPS) is 14.6. The number of rotatable bonds is 9. The summed E-state index contributed by atoms with van der Waals surface area (Å²) in [5, 5.41) is 3.11. The summed E-state index contributed by atoms with van der Waals surface area (Å²) in [6, 6.07) is 15.6. The number of carbonyl (C=O) groups is 1. The van der Waals surface area contributed by atoms with Crippen molar-refractivity contribution >= 4 is 16.9 Å². The average Bonchev–Trinajstić information content (AvgIpc) is 3.52.